The maximum Gasteiger partial charge on any atom is 0.288 e. The minimum absolute atomic E-state index is 0.0289. The average molecular weight is 266 g/mol. The predicted octanol–water partition coefficient (Wildman–Crippen LogP) is 0.119. The molecule has 7 nitrogen and oxygen atoms in total. The Balaban J connectivity index is 1.55. The summed E-state index contributed by atoms with van der Waals surface area (Å²) in [6.45, 7) is 1.96. The van der Waals surface area contributed by atoms with Crippen molar-refractivity contribution in [1.29, 1.82) is 0 Å². The lowest BCUT2D eigenvalue weighted by Gasteiger charge is -2.31. The van der Waals surface area contributed by atoms with E-state index in [0.29, 0.717) is 19.1 Å². The van der Waals surface area contributed by atoms with Crippen LogP contribution in [0.25, 0.3) is 0 Å². The SMILES string of the molecule is O=C(N[C@@H]1COCC[C@@H]1OCC1CC1)c1ncn[nH]1. The normalized spacial score (nSPS) is 27.2. The standard InChI is InChI=1S/C12H18N4O3/c17-12(11-13-7-14-16-11)15-9-6-18-4-3-10(9)19-5-8-1-2-8/h7-10H,1-6H2,(H,15,17)(H,13,14,16)/t9-,10+/m1/s1. The van der Waals surface area contributed by atoms with Crippen molar-refractivity contribution in [3.05, 3.63) is 12.2 Å². The van der Waals surface area contributed by atoms with E-state index in [1.807, 2.05) is 0 Å². The van der Waals surface area contributed by atoms with E-state index in [-0.39, 0.29) is 23.9 Å². The highest BCUT2D eigenvalue weighted by molar-refractivity contribution is 5.90. The molecular formula is C12H18N4O3. The summed E-state index contributed by atoms with van der Waals surface area (Å²) in [5.74, 6) is 0.660. The molecule has 0 aromatic carbocycles. The molecule has 1 aliphatic heterocycles. The second-order valence-electron chi connectivity index (χ2n) is 5.09. The number of hydrogen-bond donors (Lipinski definition) is 2. The summed E-state index contributed by atoms with van der Waals surface area (Å²) in [6.07, 6.45) is 4.68. The summed E-state index contributed by atoms with van der Waals surface area (Å²) < 4.78 is 11.3. The van der Waals surface area contributed by atoms with E-state index in [1.54, 1.807) is 0 Å². The molecule has 0 radical (unpaired) electrons. The zero-order valence-electron chi connectivity index (χ0n) is 10.7. The molecule has 7 heteroatoms. The van der Waals surface area contributed by atoms with Crippen LogP contribution in [0.4, 0.5) is 0 Å². The number of nitrogens with one attached hydrogen (secondary N) is 2. The van der Waals surface area contributed by atoms with Gasteiger partial charge in [0.1, 0.15) is 6.33 Å². The van der Waals surface area contributed by atoms with E-state index >= 15 is 0 Å². The van der Waals surface area contributed by atoms with Crippen molar-refractivity contribution in [1.82, 2.24) is 20.5 Å². The Morgan fingerprint density at radius 2 is 2.42 bits per heavy atom. The van der Waals surface area contributed by atoms with Gasteiger partial charge in [-0.25, -0.2) is 4.98 Å². The Kier molecular flexibility index (Phi) is 3.74. The molecule has 1 aromatic rings. The quantitative estimate of drug-likeness (QED) is 0.790. The highest BCUT2D eigenvalue weighted by Gasteiger charge is 2.31. The molecular weight excluding hydrogens is 248 g/mol. The van der Waals surface area contributed by atoms with Crippen molar-refractivity contribution in [2.45, 2.75) is 31.4 Å². The van der Waals surface area contributed by atoms with Crippen molar-refractivity contribution in [3.8, 4) is 0 Å². The number of ether oxygens (including phenoxy) is 2. The fourth-order valence-electron chi connectivity index (χ4n) is 2.15. The maximum absolute atomic E-state index is 11.9. The molecule has 2 aliphatic rings. The van der Waals surface area contributed by atoms with Crippen molar-refractivity contribution in [2.75, 3.05) is 19.8 Å². The van der Waals surface area contributed by atoms with Crippen LogP contribution in [0.15, 0.2) is 6.33 Å². The third-order valence-corrected chi connectivity index (χ3v) is 3.48. The first-order valence-electron chi connectivity index (χ1n) is 6.68. The van der Waals surface area contributed by atoms with Gasteiger partial charge in [-0.1, -0.05) is 0 Å². The number of aromatic amines is 1. The molecule has 2 N–H and O–H groups in total. The van der Waals surface area contributed by atoms with E-state index < -0.39 is 0 Å². The third kappa shape index (κ3) is 3.30. The fourth-order valence-corrected chi connectivity index (χ4v) is 2.15. The number of carbonyl (C=O) groups is 1. The summed E-state index contributed by atoms with van der Waals surface area (Å²) in [6, 6.07) is -0.120. The smallest absolute Gasteiger partial charge is 0.288 e. The number of carbonyl (C=O) groups excluding carboxylic acids is 1. The lowest BCUT2D eigenvalue weighted by atomic mass is 10.1. The Morgan fingerprint density at radius 3 is 3.16 bits per heavy atom. The van der Waals surface area contributed by atoms with Crippen LogP contribution in [0.3, 0.4) is 0 Å². The van der Waals surface area contributed by atoms with Crippen LogP contribution in [0, 0.1) is 5.92 Å². The summed E-state index contributed by atoms with van der Waals surface area (Å²) >= 11 is 0. The van der Waals surface area contributed by atoms with Gasteiger partial charge in [0.2, 0.25) is 5.82 Å². The van der Waals surface area contributed by atoms with Crippen molar-refractivity contribution >= 4 is 5.91 Å². The molecule has 2 atom stereocenters. The molecule has 2 heterocycles. The molecule has 0 spiro atoms. The zero-order valence-corrected chi connectivity index (χ0v) is 10.7. The molecule has 1 saturated heterocycles. The molecule has 0 unspecified atom stereocenters. The molecule has 1 saturated carbocycles. The van der Waals surface area contributed by atoms with E-state index in [0.717, 1.165) is 13.0 Å². The third-order valence-electron chi connectivity index (χ3n) is 3.48. The molecule has 1 amide bonds. The predicted molar refractivity (Wildman–Crippen MR) is 65.5 cm³/mol. The van der Waals surface area contributed by atoms with E-state index in [4.69, 9.17) is 9.47 Å². The average Bonchev–Trinajstić information content (AvgIpc) is 3.09. The number of aromatic nitrogens is 3. The largest absolute Gasteiger partial charge is 0.379 e. The number of nitrogens with zero attached hydrogens (tertiary/aromatic N) is 2. The van der Waals surface area contributed by atoms with Crippen LogP contribution < -0.4 is 5.32 Å². The molecule has 1 aliphatic carbocycles. The monoisotopic (exact) mass is 266 g/mol. The summed E-state index contributed by atoms with van der Waals surface area (Å²) in [7, 11) is 0. The van der Waals surface area contributed by atoms with Gasteiger partial charge in [0.15, 0.2) is 0 Å². The Hall–Kier alpha value is -1.47. The number of amides is 1. The van der Waals surface area contributed by atoms with E-state index in [2.05, 4.69) is 20.5 Å². The van der Waals surface area contributed by atoms with Gasteiger partial charge >= 0.3 is 0 Å². The lowest BCUT2D eigenvalue weighted by molar-refractivity contribution is -0.0568. The van der Waals surface area contributed by atoms with Gasteiger partial charge in [0.05, 0.1) is 18.8 Å². The van der Waals surface area contributed by atoms with E-state index in [1.165, 1.54) is 19.2 Å². The number of hydrogen-bond acceptors (Lipinski definition) is 5. The van der Waals surface area contributed by atoms with E-state index in [9.17, 15) is 4.79 Å². The first-order valence-corrected chi connectivity index (χ1v) is 6.68. The van der Waals surface area contributed by atoms with Crippen LogP contribution >= 0.6 is 0 Å². The second kappa shape index (κ2) is 5.66. The van der Waals surface area contributed by atoms with Crippen LogP contribution in [0.5, 0.6) is 0 Å². The van der Waals surface area contributed by atoms with Crippen molar-refractivity contribution < 1.29 is 14.3 Å². The molecule has 1 aromatic heterocycles. The van der Waals surface area contributed by atoms with Gasteiger partial charge in [-0.15, -0.1) is 0 Å². The van der Waals surface area contributed by atoms with Crippen LogP contribution in [-0.4, -0.2) is 53.1 Å². The minimum atomic E-state index is -0.270. The molecule has 0 bridgehead atoms. The van der Waals surface area contributed by atoms with Gasteiger partial charge in [0.25, 0.3) is 5.91 Å². The Bertz CT molecular complexity index is 419. The summed E-state index contributed by atoms with van der Waals surface area (Å²) in [5.41, 5.74) is 0. The molecule has 104 valence electrons. The summed E-state index contributed by atoms with van der Waals surface area (Å²) in [4.78, 5) is 15.7. The number of rotatable bonds is 5. The van der Waals surface area contributed by atoms with Gasteiger partial charge in [0, 0.05) is 13.2 Å². The minimum Gasteiger partial charge on any atom is -0.379 e. The number of H-pyrrole nitrogens is 1. The second-order valence-corrected chi connectivity index (χ2v) is 5.09. The van der Waals surface area contributed by atoms with Gasteiger partial charge in [-0.3, -0.25) is 9.89 Å². The first-order chi connectivity index (χ1) is 9.33. The van der Waals surface area contributed by atoms with Gasteiger partial charge < -0.3 is 14.8 Å². The van der Waals surface area contributed by atoms with Crippen LogP contribution in [0.1, 0.15) is 29.9 Å². The molecule has 2 fully saturated rings. The van der Waals surface area contributed by atoms with Gasteiger partial charge in [-0.2, -0.15) is 5.10 Å². The van der Waals surface area contributed by atoms with Crippen molar-refractivity contribution in [2.24, 2.45) is 5.92 Å². The van der Waals surface area contributed by atoms with Gasteiger partial charge in [-0.05, 0) is 25.2 Å². The summed E-state index contributed by atoms with van der Waals surface area (Å²) in [5, 5.41) is 9.10. The molecule has 3 rings (SSSR count). The maximum atomic E-state index is 11.9. The fraction of sp³-hybridized carbons (Fsp3) is 0.750. The van der Waals surface area contributed by atoms with Crippen LogP contribution in [0.2, 0.25) is 0 Å². The highest BCUT2D eigenvalue weighted by Crippen LogP contribution is 2.30. The van der Waals surface area contributed by atoms with Crippen molar-refractivity contribution in [3.63, 3.8) is 0 Å². The first kappa shape index (κ1) is 12.6. The topological polar surface area (TPSA) is 89.1 Å². The Labute approximate surface area is 111 Å². The lowest BCUT2D eigenvalue weighted by Crippen LogP contribution is -2.51. The highest BCUT2D eigenvalue weighted by atomic mass is 16.5. The molecule has 19 heavy (non-hydrogen) atoms. The van der Waals surface area contributed by atoms with Crippen LogP contribution in [-0.2, 0) is 9.47 Å². The Morgan fingerprint density at radius 1 is 1.53 bits per heavy atom. The zero-order chi connectivity index (χ0) is 13.1.